The molecule has 0 bridgehead atoms. The first kappa shape index (κ1) is 17.2. The first-order chi connectivity index (χ1) is 10.9. The molecule has 2 rings (SSSR count). The fourth-order valence-corrected chi connectivity index (χ4v) is 2.42. The fraction of sp³-hybridized carbons (Fsp3) is 0.333. The number of H-pyrrole nitrogens is 1. The van der Waals surface area contributed by atoms with Gasteiger partial charge in [-0.25, -0.2) is 12.7 Å². The SMILES string of the molecule is CN(CCCNC(=O)c1cc(-c2ccccc2)n[nH]1)S(C)(=O)=O. The highest BCUT2D eigenvalue weighted by Crippen LogP contribution is 2.16. The van der Waals surface area contributed by atoms with Crippen molar-refractivity contribution in [3.63, 3.8) is 0 Å². The molecule has 23 heavy (non-hydrogen) atoms. The van der Waals surface area contributed by atoms with Crippen LogP contribution < -0.4 is 5.32 Å². The lowest BCUT2D eigenvalue weighted by Gasteiger charge is -2.13. The number of hydrogen-bond donors (Lipinski definition) is 2. The van der Waals surface area contributed by atoms with Crippen LogP contribution in [0.3, 0.4) is 0 Å². The summed E-state index contributed by atoms with van der Waals surface area (Å²) in [6.07, 6.45) is 1.69. The average molecular weight is 336 g/mol. The van der Waals surface area contributed by atoms with E-state index in [1.54, 1.807) is 6.07 Å². The lowest BCUT2D eigenvalue weighted by Crippen LogP contribution is -2.31. The molecule has 0 saturated carbocycles. The summed E-state index contributed by atoms with van der Waals surface area (Å²) in [5.41, 5.74) is 2.01. The second-order valence-electron chi connectivity index (χ2n) is 5.23. The second kappa shape index (κ2) is 7.38. The molecular formula is C15H20N4O3S. The summed E-state index contributed by atoms with van der Waals surface area (Å²) in [4.78, 5) is 12.0. The van der Waals surface area contributed by atoms with Gasteiger partial charge in [-0.1, -0.05) is 30.3 Å². The smallest absolute Gasteiger partial charge is 0.269 e. The van der Waals surface area contributed by atoms with Gasteiger partial charge >= 0.3 is 0 Å². The highest BCUT2D eigenvalue weighted by atomic mass is 32.2. The summed E-state index contributed by atoms with van der Waals surface area (Å²) in [5, 5.41) is 9.57. The third kappa shape index (κ3) is 4.90. The second-order valence-corrected chi connectivity index (χ2v) is 7.32. The molecule has 0 aliphatic heterocycles. The molecule has 0 saturated heterocycles. The number of sulfonamides is 1. The number of carbonyl (C=O) groups excluding carboxylic acids is 1. The Morgan fingerprint density at radius 2 is 2.00 bits per heavy atom. The van der Waals surface area contributed by atoms with Crippen LogP contribution in [-0.2, 0) is 10.0 Å². The third-order valence-electron chi connectivity index (χ3n) is 3.39. The molecule has 7 nitrogen and oxygen atoms in total. The van der Waals surface area contributed by atoms with E-state index < -0.39 is 10.0 Å². The quantitative estimate of drug-likeness (QED) is 0.740. The van der Waals surface area contributed by atoms with E-state index in [4.69, 9.17) is 0 Å². The molecule has 0 spiro atoms. The van der Waals surface area contributed by atoms with Crippen molar-refractivity contribution in [1.29, 1.82) is 0 Å². The zero-order chi connectivity index (χ0) is 16.9. The number of rotatable bonds is 7. The van der Waals surface area contributed by atoms with Crippen molar-refractivity contribution < 1.29 is 13.2 Å². The van der Waals surface area contributed by atoms with Crippen LogP contribution in [0.2, 0.25) is 0 Å². The highest BCUT2D eigenvalue weighted by molar-refractivity contribution is 7.88. The molecule has 0 atom stereocenters. The molecular weight excluding hydrogens is 316 g/mol. The van der Waals surface area contributed by atoms with Crippen molar-refractivity contribution in [1.82, 2.24) is 19.8 Å². The number of aromatic nitrogens is 2. The molecule has 124 valence electrons. The van der Waals surface area contributed by atoms with Gasteiger partial charge in [-0.2, -0.15) is 5.10 Å². The Hall–Kier alpha value is -2.19. The van der Waals surface area contributed by atoms with Gasteiger partial charge in [-0.3, -0.25) is 9.89 Å². The van der Waals surface area contributed by atoms with E-state index >= 15 is 0 Å². The summed E-state index contributed by atoms with van der Waals surface area (Å²) in [5.74, 6) is -0.262. The number of aromatic amines is 1. The van der Waals surface area contributed by atoms with E-state index in [2.05, 4.69) is 15.5 Å². The van der Waals surface area contributed by atoms with Gasteiger partial charge in [0.25, 0.3) is 5.91 Å². The van der Waals surface area contributed by atoms with Crippen LogP contribution >= 0.6 is 0 Å². The minimum Gasteiger partial charge on any atom is -0.351 e. The van der Waals surface area contributed by atoms with Gasteiger partial charge in [0.05, 0.1) is 11.9 Å². The summed E-state index contributed by atoms with van der Waals surface area (Å²) in [7, 11) is -1.67. The maximum absolute atomic E-state index is 12.0. The van der Waals surface area contributed by atoms with Gasteiger partial charge < -0.3 is 5.32 Å². The lowest BCUT2D eigenvalue weighted by molar-refractivity contribution is 0.0948. The van der Waals surface area contributed by atoms with Gasteiger partial charge in [0.2, 0.25) is 10.0 Å². The van der Waals surface area contributed by atoms with Gasteiger partial charge in [0.1, 0.15) is 5.69 Å². The molecule has 0 unspecified atom stereocenters. The van der Waals surface area contributed by atoms with Crippen LogP contribution in [0.5, 0.6) is 0 Å². The maximum atomic E-state index is 12.0. The normalized spacial score (nSPS) is 11.6. The first-order valence-corrected chi connectivity index (χ1v) is 9.03. The predicted octanol–water partition coefficient (Wildman–Crippen LogP) is 1.09. The van der Waals surface area contributed by atoms with Gasteiger partial charge in [0.15, 0.2) is 0 Å². The molecule has 0 radical (unpaired) electrons. The lowest BCUT2D eigenvalue weighted by atomic mass is 10.1. The molecule has 1 aromatic heterocycles. The molecule has 1 amide bonds. The number of benzene rings is 1. The van der Waals surface area contributed by atoms with E-state index in [0.717, 1.165) is 11.8 Å². The van der Waals surface area contributed by atoms with Crippen LogP contribution in [0.1, 0.15) is 16.9 Å². The van der Waals surface area contributed by atoms with E-state index in [1.807, 2.05) is 30.3 Å². The van der Waals surface area contributed by atoms with Crippen LogP contribution in [0.4, 0.5) is 0 Å². The zero-order valence-corrected chi connectivity index (χ0v) is 13.9. The Bertz CT molecular complexity index is 756. The Kier molecular flexibility index (Phi) is 5.51. The van der Waals surface area contributed by atoms with Crippen LogP contribution in [0.15, 0.2) is 36.4 Å². The largest absolute Gasteiger partial charge is 0.351 e. The van der Waals surface area contributed by atoms with Crippen molar-refractivity contribution in [2.45, 2.75) is 6.42 Å². The summed E-state index contributed by atoms with van der Waals surface area (Å²) in [6.45, 7) is 0.746. The van der Waals surface area contributed by atoms with Gasteiger partial charge in [-0.15, -0.1) is 0 Å². The number of amides is 1. The molecule has 2 N–H and O–H groups in total. The van der Waals surface area contributed by atoms with E-state index in [9.17, 15) is 13.2 Å². The number of nitrogens with zero attached hydrogens (tertiary/aromatic N) is 2. The minimum atomic E-state index is -3.18. The van der Waals surface area contributed by atoms with E-state index in [0.29, 0.717) is 30.9 Å². The molecule has 0 aliphatic carbocycles. The molecule has 0 fully saturated rings. The van der Waals surface area contributed by atoms with Crippen LogP contribution in [0, 0.1) is 0 Å². The molecule has 1 aromatic carbocycles. The predicted molar refractivity (Wildman–Crippen MR) is 88.4 cm³/mol. The molecule has 0 aliphatic rings. The Morgan fingerprint density at radius 3 is 2.65 bits per heavy atom. The van der Waals surface area contributed by atoms with Crippen molar-refractivity contribution >= 4 is 15.9 Å². The minimum absolute atomic E-state index is 0.262. The van der Waals surface area contributed by atoms with E-state index in [1.165, 1.54) is 11.4 Å². The van der Waals surface area contributed by atoms with Crippen molar-refractivity contribution in [3.05, 3.63) is 42.1 Å². The highest BCUT2D eigenvalue weighted by Gasteiger charge is 2.12. The Labute approximate surface area is 135 Å². The molecule has 8 heteroatoms. The Balaban J connectivity index is 1.84. The van der Waals surface area contributed by atoms with Gasteiger partial charge in [-0.05, 0) is 12.5 Å². The topological polar surface area (TPSA) is 95.2 Å². The fourth-order valence-electron chi connectivity index (χ4n) is 1.96. The molecule has 1 heterocycles. The number of carbonyl (C=O) groups is 1. The van der Waals surface area contributed by atoms with Crippen molar-refractivity contribution in [2.75, 3.05) is 26.4 Å². The van der Waals surface area contributed by atoms with E-state index in [-0.39, 0.29) is 5.91 Å². The van der Waals surface area contributed by atoms with Crippen molar-refractivity contribution in [2.24, 2.45) is 0 Å². The first-order valence-electron chi connectivity index (χ1n) is 7.18. The summed E-state index contributed by atoms with van der Waals surface area (Å²) >= 11 is 0. The average Bonchev–Trinajstić information content (AvgIpc) is 3.01. The van der Waals surface area contributed by atoms with Crippen molar-refractivity contribution in [3.8, 4) is 11.3 Å². The third-order valence-corrected chi connectivity index (χ3v) is 4.71. The van der Waals surface area contributed by atoms with Crippen LogP contribution in [0.25, 0.3) is 11.3 Å². The molecule has 2 aromatic rings. The summed E-state index contributed by atoms with van der Waals surface area (Å²) in [6, 6.07) is 11.2. The number of hydrogen-bond acceptors (Lipinski definition) is 4. The Morgan fingerprint density at radius 1 is 1.30 bits per heavy atom. The monoisotopic (exact) mass is 336 g/mol. The van der Waals surface area contributed by atoms with Gasteiger partial charge in [0, 0.05) is 25.7 Å². The zero-order valence-electron chi connectivity index (χ0n) is 13.1. The number of nitrogens with one attached hydrogen (secondary N) is 2. The van der Waals surface area contributed by atoms with Crippen LogP contribution in [-0.4, -0.2) is 55.2 Å². The summed E-state index contributed by atoms with van der Waals surface area (Å²) < 4.78 is 23.7. The standard InChI is InChI=1S/C15H20N4O3S/c1-19(23(2,21)22)10-6-9-16-15(20)14-11-13(17-18-14)12-7-4-3-5-8-12/h3-5,7-8,11H,6,9-10H2,1-2H3,(H,16,20)(H,17,18). The maximum Gasteiger partial charge on any atom is 0.269 e.